The summed E-state index contributed by atoms with van der Waals surface area (Å²) in [5, 5.41) is 13.7. The number of aryl methyl sites for hydroxylation is 1. The maximum absolute atomic E-state index is 13.9. The fraction of sp³-hybridized carbons (Fsp3) is 0.391. The van der Waals surface area contributed by atoms with Crippen molar-refractivity contribution in [2.24, 2.45) is 0 Å². The van der Waals surface area contributed by atoms with Gasteiger partial charge in [0.05, 0.1) is 16.7 Å². The number of aromatic nitrogens is 3. The van der Waals surface area contributed by atoms with Crippen molar-refractivity contribution in [3.63, 3.8) is 0 Å². The first-order valence-electron chi connectivity index (χ1n) is 10.6. The first-order valence-corrected chi connectivity index (χ1v) is 10.6. The van der Waals surface area contributed by atoms with E-state index in [1.54, 1.807) is 12.1 Å². The van der Waals surface area contributed by atoms with Crippen molar-refractivity contribution >= 4 is 33.4 Å². The summed E-state index contributed by atoms with van der Waals surface area (Å²) in [5.74, 6) is 0.669. The van der Waals surface area contributed by atoms with Crippen molar-refractivity contribution in [3.05, 3.63) is 47.9 Å². The van der Waals surface area contributed by atoms with Crippen LogP contribution < -0.4 is 10.2 Å². The second kappa shape index (κ2) is 7.49. The van der Waals surface area contributed by atoms with Crippen LogP contribution in [0.1, 0.15) is 26.0 Å². The van der Waals surface area contributed by atoms with E-state index in [9.17, 15) is 9.50 Å². The highest BCUT2D eigenvalue weighted by Crippen LogP contribution is 2.29. The molecule has 1 saturated heterocycles. The SMILES string of the molecule is C[C@@H]1CN(c2ccc3nc(CCCO)c4cc5cc(F)ccc5n4c3n2)C[C@H](C)N1. The molecule has 156 valence electrons. The minimum atomic E-state index is -0.259. The molecule has 1 aliphatic heterocycles. The van der Waals surface area contributed by atoms with Crippen molar-refractivity contribution < 1.29 is 9.50 Å². The lowest BCUT2D eigenvalue weighted by atomic mass is 10.1. The molecule has 0 spiro atoms. The first-order chi connectivity index (χ1) is 14.5. The summed E-state index contributed by atoms with van der Waals surface area (Å²) in [5.41, 5.74) is 4.30. The highest BCUT2D eigenvalue weighted by atomic mass is 19.1. The Morgan fingerprint density at radius 1 is 1.07 bits per heavy atom. The standard InChI is InChI=1S/C23H26FN5O/c1-14-12-28(13-15(2)25-14)22-8-6-19-23(27-22)29-20-7-5-17(24)10-16(20)11-21(29)18(26-19)4-3-9-30/h5-8,10-11,14-15,25,30H,3-4,9,12-13H2,1-2H3/t14-,15+. The molecule has 2 N–H and O–H groups in total. The van der Waals surface area contributed by atoms with E-state index in [1.807, 2.05) is 18.2 Å². The number of benzene rings is 1. The van der Waals surface area contributed by atoms with Gasteiger partial charge in [0.2, 0.25) is 0 Å². The Hall–Kier alpha value is -2.77. The Labute approximate surface area is 174 Å². The molecule has 6 nitrogen and oxygen atoms in total. The lowest BCUT2D eigenvalue weighted by Crippen LogP contribution is -2.54. The molecular weight excluding hydrogens is 381 g/mol. The topological polar surface area (TPSA) is 65.7 Å². The molecule has 3 aromatic heterocycles. The molecule has 5 rings (SSSR count). The zero-order valence-electron chi connectivity index (χ0n) is 17.3. The van der Waals surface area contributed by atoms with E-state index in [2.05, 4.69) is 28.5 Å². The molecule has 30 heavy (non-hydrogen) atoms. The van der Waals surface area contributed by atoms with Gasteiger partial charge in [-0.2, -0.15) is 0 Å². The smallest absolute Gasteiger partial charge is 0.166 e. The Kier molecular flexibility index (Phi) is 4.79. The number of aliphatic hydroxyl groups excluding tert-OH is 1. The third-order valence-corrected chi connectivity index (χ3v) is 5.82. The van der Waals surface area contributed by atoms with Crippen LogP contribution in [0.4, 0.5) is 10.2 Å². The van der Waals surface area contributed by atoms with E-state index < -0.39 is 0 Å². The third-order valence-electron chi connectivity index (χ3n) is 5.82. The number of halogens is 1. The Balaban J connectivity index is 1.74. The molecule has 4 aromatic rings. The van der Waals surface area contributed by atoms with E-state index in [1.165, 1.54) is 6.07 Å². The number of piperazine rings is 1. The van der Waals surface area contributed by atoms with Crippen LogP contribution in [-0.2, 0) is 6.42 Å². The van der Waals surface area contributed by atoms with Crippen LogP contribution in [0.2, 0.25) is 0 Å². The normalized spacial score (nSPS) is 19.9. The van der Waals surface area contributed by atoms with Crippen LogP contribution in [-0.4, -0.2) is 51.3 Å². The van der Waals surface area contributed by atoms with Gasteiger partial charge in [0.25, 0.3) is 0 Å². The highest BCUT2D eigenvalue weighted by Gasteiger charge is 2.23. The van der Waals surface area contributed by atoms with Gasteiger partial charge in [-0.05, 0) is 63.1 Å². The number of hydrogen-bond acceptors (Lipinski definition) is 5. The number of nitrogens with one attached hydrogen (secondary N) is 1. The summed E-state index contributed by atoms with van der Waals surface area (Å²) in [4.78, 5) is 12.2. The van der Waals surface area contributed by atoms with Gasteiger partial charge in [-0.3, -0.25) is 4.40 Å². The minimum absolute atomic E-state index is 0.108. The maximum atomic E-state index is 13.9. The fourth-order valence-corrected chi connectivity index (χ4v) is 4.63. The number of rotatable bonds is 4. The Morgan fingerprint density at radius 3 is 2.63 bits per heavy atom. The number of anilines is 1. The van der Waals surface area contributed by atoms with Gasteiger partial charge in [-0.15, -0.1) is 0 Å². The molecule has 1 aliphatic rings. The summed E-state index contributed by atoms with van der Waals surface area (Å²) < 4.78 is 16.0. The van der Waals surface area contributed by atoms with Crippen LogP contribution >= 0.6 is 0 Å². The number of nitrogens with zero attached hydrogens (tertiary/aromatic N) is 4. The lowest BCUT2D eigenvalue weighted by Gasteiger charge is -2.37. The maximum Gasteiger partial charge on any atom is 0.166 e. The van der Waals surface area contributed by atoms with Gasteiger partial charge in [-0.1, -0.05) is 0 Å². The minimum Gasteiger partial charge on any atom is -0.396 e. The van der Waals surface area contributed by atoms with E-state index >= 15 is 0 Å². The molecule has 0 radical (unpaired) electrons. The van der Waals surface area contributed by atoms with Gasteiger partial charge in [0.1, 0.15) is 17.2 Å². The van der Waals surface area contributed by atoms with Crippen molar-refractivity contribution in [2.75, 3.05) is 24.6 Å². The highest BCUT2D eigenvalue weighted by molar-refractivity contribution is 5.93. The molecule has 1 fully saturated rings. The number of pyridine rings is 1. The number of fused-ring (bicyclic) bond motifs is 5. The second-order valence-electron chi connectivity index (χ2n) is 8.34. The summed E-state index contributed by atoms with van der Waals surface area (Å²) in [6.07, 6.45) is 1.29. The van der Waals surface area contributed by atoms with Gasteiger partial charge in [0, 0.05) is 37.2 Å². The van der Waals surface area contributed by atoms with E-state index in [4.69, 9.17) is 9.97 Å². The molecular formula is C23H26FN5O. The van der Waals surface area contributed by atoms with Crippen LogP contribution in [0.25, 0.3) is 27.6 Å². The third kappa shape index (κ3) is 3.28. The summed E-state index contributed by atoms with van der Waals surface area (Å²) in [6, 6.07) is 11.6. The van der Waals surface area contributed by atoms with E-state index in [0.29, 0.717) is 24.9 Å². The predicted molar refractivity (Wildman–Crippen MR) is 118 cm³/mol. The van der Waals surface area contributed by atoms with Gasteiger partial charge >= 0.3 is 0 Å². The van der Waals surface area contributed by atoms with Crippen molar-refractivity contribution in [1.82, 2.24) is 19.7 Å². The largest absolute Gasteiger partial charge is 0.396 e. The molecule has 4 heterocycles. The number of aliphatic hydroxyl groups is 1. The quantitative estimate of drug-likeness (QED) is 0.544. The molecule has 0 amide bonds. The van der Waals surface area contributed by atoms with Gasteiger partial charge in [-0.25, -0.2) is 14.4 Å². The average Bonchev–Trinajstić information content (AvgIpc) is 3.10. The molecule has 0 saturated carbocycles. The monoisotopic (exact) mass is 407 g/mol. The Bertz CT molecular complexity index is 1230. The van der Waals surface area contributed by atoms with Crippen molar-refractivity contribution in [3.8, 4) is 0 Å². The summed E-state index contributed by atoms with van der Waals surface area (Å²) in [6.45, 7) is 6.27. The summed E-state index contributed by atoms with van der Waals surface area (Å²) >= 11 is 0. The first kappa shape index (κ1) is 19.2. The lowest BCUT2D eigenvalue weighted by molar-refractivity contribution is 0.288. The van der Waals surface area contributed by atoms with Crippen LogP contribution in [0.5, 0.6) is 0 Å². The zero-order chi connectivity index (χ0) is 20.8. The molecule has 7 heteroatoms. The average molecular weight is 407 g/mol. The number of hydrogen-bond donors (Lipinski definition) is 2. The van der Waals surface area contributed by atoms with Crippen LogP contribution in [0.15, 0.2) is 36.4 Å². The van der Waals surface area contributed by atoms with E-state index in [0.717, 1.165) is 52.2 Å². The molecule has 2 atom stereocenters. The van der Waals surface area contributed by atoms with E-state index in [-0.39, 0.29) is 12.4 Å². The van der Waals surface area contributed by atoms with Gasteiger partial charge in [0.15, 0.2) is 5.65 Å². The molecule has 1 aromatic carbocycles. The summed E-state index contributed by atoms with van der Waals surface area (Å²) in [7, 11) is 0. The second-order valence-corrected chi connectivity index (χ2v) is 8.34. The van der Waals surface area contributed by atoms with Gasteiger partial charge < -0.3 is 15.3 Å². The zero-order valence-corrected chi connectivity index (χ0v) is 17.3. The van der Waals surface area contributed by atoms with Crippen molar-refractivity contribution in [2.45, 2.75) is 38.8 Å². The molecule has 0 aliphatic carbocycles. The van der Waals surface area contributed by atoms with Crippen LogP contribution in [0, 0.1) is 5.82 Å². The molecule has 0 unspecified atom stereocenters. The van der Waals surface area contributed by atoms with Crippen molar-refractivity contribution in [1.29, 1.82) is 0 Å². The fourth-order valence-electron chi connectivity index (χ4n) is 4.63. The predicted octanol–water partition coefficient (Wildman–Crippen LogP) is 3.29. The Morgan fingerprint density at radius 2 is 1.87 bits per heavy atom. The van der Waals surface area contributed by atoms with Crippen LogP contribution in [0.3, 0.4) is 0 Å². The molecule has 0 bridgehead atoms.